The zero-order valence-electron chi connectivity index (χ0n) is 20.1. The molecule has 4 aliphatic rings. The van der Waals surface area contributed by atoms with Gasteiger partial charge in [0.1, 0.15) is 5.75 Å². The van der Waals surface area contributed by atoms with Crippen LogP contribution in [-0.2, 0) is 4.79 Å². The summed E-state index contributed by atoms with van der Waals surface area (Å²) in [5.41, 5.74) is 1.17. The van der Waals surface area contributed by atoms with Crippen molar-refractivity contribution in [1.82, 2.24) is 4.90 Å². The summed E-state index contributed by atoms with van der Waals surface area (Å²) in [6.07, 6.45) is 7.37. The van der Waals surface area contributed by atoms with Gasteiger partial charge < -0.3 is 14.7 Å². The van der Waals surface area contributed by atoms with E-state index >= 15 is 0 Å². The number of amides is 1. The number of likely N-dealkylation sites (tertiary alicyclic amines) is 1. The van der Waals surface area contributed by atoms with Crippen molar-refractivity contribution < 1.29 is 32.6 Å². The number of carbonyl (C=O) groups is 2. The average Bonchev–Trinajstić information content (AvgIpc) is 3.69. The van der Waals surface area contributed by atoms with E-state index in [-0.39, 0.29) is 24.2 Å². The van der Waals surface area contributed by atoms with Gasteiger partial charge in [-0.2, -0.15) is 0 Å². The van der Waals surface area contributed by atoms with Gasteiger partial charge >= 0.3 is 0 Å². The Hall–Kier alpha value is -2.25. The number of alkyl halides is 3. The maximum atomic E-state index is 13.7. The van der Waals surface area contributed by atoms with Crippen molar-refractivity contribution >= 4 is 12.4 Å². The van der Waals surface area contributed by atoms with E-state index in [1.807, 2.05) is 23.1 Å². The van der Waals surface area contributed by atoms with Crippen molar-refractivity contribution in [3.63, 3.8) is 0 Å². The van der Waals surface area contributed by atoms with E-state index in [4.69, 9.17) is 14.6 Å². The molecule has 190 valence electrons. The summed E-state index contributed by atoms with van der Waals surface area (Å²) < 4.78 is 43.1. The number of carboxylic acid groups (broad SMARTS) is 1. The molecule has 4 fully saturated rings. The van der Waals surface area contributed by atoms with Gasteiger partial charge in [-0.05, 0) is 81.0 Å². The Morgan fingerprint density at radius 3 is 2.21 bits per heavy atom. The van der Waals surface area contributed by atoms with E-state index in [0.717, 1.165) is 68.5 Å². The van der Waals surface area contributed by atoms with E-state index in [0.29, 0.717) is 32.5 Å². The van der Waals surface area contributed by atoms with Crippen LogP contribution >= 0.6 is 0 Å². The minimum atomic E-state index is -2.44. The second kappa shape index (κ2) is 10.6. The lowest BCUT2D eigenvalue weighted by atomic mass is 9.70. The second-order valence-corrected chi connectivity index (χ2v) is 10.4. The number of rotatable bonds is 5. The number of hydrogen-bond donors (Lipinski definition) is 1. The Kier molecular flexibility index (Phi) is 8.19. The quantitative estimate of drug-likeness (QED) is 0.516. The number of halogens is 3. The molecular weight excluding hydrogens is 447 g/mol. The topological polar surface area (TPSA) is 66.8 Å². The van der Waals surface area contributed by atoms with Crippen molar-refractivity contribution in [2.45, 2.75) is 76.6 Å². The second-order valence-electron chi connectivity index (χ2n) is 10.4. The molecule has 3 aliphatic carbocycles. The summed E-state index contributed by atoms with van der Waals surface area (Å²) in [7, 11) is 0.500. The Morgan fingerprint density at radius 1 is 1.15 bits per heavy atom. The summed E-state index contributed by atoms with van der Waals surface area (Å²) in [5, 5.41) is 6.89. The zero-order valence-corrected chi connectivity index (χ0v) is 20.1. The van der Waals surface area contributed by atoms with Gasteiger partial charge in [0.2, 0.25) is 0 Å². The van der Waals surface area contributed by atoms with Gasteiger partial charge in [-0.3, -0.25) is 14.0 Å². The lowest BCUT2D eigenvalue weighted by Gasteiger charge is -2.37. The number of benzene rings is 1. The largest absolute Gasteiger partial charge is 0.493 e. The molecule has 0 aromatic heterocycles. The number of nitrogens with zero attached hydrogens (tertiary/aromatic N) is 1. The standard InChI is InChI=1S/C24H31F2NO2.CH3F.CH2O2/c1-22(8-10-23(11-9-22)15-24(23,25)26)16-29-20-7-6-18(14-19(20)17-4-5-17)21(28)27-12-2-3-13-27;1-2;2-1-3/h6-7,14,17H,2-5,8-13,15-16H2,1H3;1H3;1H,(H,2,3). The van der Waals surface area contributed by atoms with Gasteiger partial charge in [-0.1, -0.05) is 6.92 Å². The van der Waals surface area contributed by atoms with E-state index in [1.54, 1.807) is 0 Å². The molecule has 1 aromatic rings. The first-order valence-corrected chi connectivity index (χ1v) is 12.1. The molecule has 0 atom stereocenters. The number of hydrogen-bond acceptors (Lipinski definition) is 3. The first-order chi connectivity index (χ1) is 16.2. The summed E-state index contributed by atoms with van der Waals surface area (Å²) in [6.45, 7) is 4.19. The smallest absolute Gasteiger partial charge is 0.290 e. The van der Waals surface area contributed by atoms with Gasteiger partial charge in [-0.25, -0.2) is 8.78 Å². The van der Waals surface area contributed by atoms with Gasteiger partial charge in [0.25, 0.3) is 18.3 Å². The van der Waals surface area contributed by atoms with Gasteiger partial charge in [0.05, 0.1) is 13.8 Å². The third-order valence-corrected chi connectivity index (χ3v) is 7.87. The van der Waals surface area contributed by atoms with Crippen LogP contribution in [0.4, 0.5) is 13.2 Å². The number of ether oxygens (including phenoxy) is 1. The molecule has 1 N–H and O–H groups in total. The Morgan fingerprint density at radius 2 is 1.71 bits per heavy atom. The van der Waals surface area contributed by atoms with Crippen molar-refractivity contribution in [3.8, 4) is 5.75 Å². The molecule has 1 aliphatic heterocycles. The van der Waals surface area contributed by atoms with Crippen LogP contribution in [0.3, 0.4) is 0 Å². The van der Waals surface area contributed by atoms with Gasteiger partial charge in [-0.15, -0.1) is 0 Å². The van der Waals surface area contributed by atoms with Crippen LogP contribution in [0.15, 0.2) is 18.2 Å². The minimum absolute atomic E-state index is 0.0468. The summed E-state index contributed by atoms with van der Waals surface area (Å²) in [4.78, 5) is 23.1. The molecule has 3 saturated carbocycles. The number of carbonyl (C=O) groups excluding carboxylic acids is 1. The van der Waals surface area contributed by atoms with Crippen LogP contribution in [0.5, 0.6) is 5.75 Å². The van der Waals surface area contributed by atoms with Crippen LogP contribution < -0.4 is 4.74 Å². The third-order valence-electron chi connectivity index (χ3n) is 7.87. The van der Waals surface area contributed by atoms with Crippen molar-refractivity contribution in [1.29, 1.82) is 0 Å². The minimum Gasteiger partial charge on any atom is -0.493 e. The Bertz CT molecular complexity index is 858. The SMILES string of the molecule is CC1(COc2ccc(C(=O)N3CCCC3)cc2C2CC2)CCC2(CC1)CC2(F)F.CF.O=CO. The molecule has 0 unspecified atom stereocenters. The van der Waals surface area contributed by atoms with Crippen LogP contribution in [-0.4, -0.2) is 55.2 Å². The molecule has 5 rings (SSSR count). The molecule has 1 saturated heterocycles. The highest BCUT2D eigenvalue weighted by atomic mass is 19.3. The highest BCUT2D eigenvalue weighted by molar-refractivity contribution is 5.94. The first kappa shape index (κ1) is 26.4. The van der Waals surface area contributed by atoms with E-state index in [2.05, 4.69) is 6.92 Å². The average molecular weight is 484 g/mol. The monoisotopic (exact) mass is 483 g/mol. The van der Waals surface area contributed by atoms with Crippen LogP contribution in [0.1, 0.15) is 86.6 Å². The van der Waals surface area contributed by atoms with Crippen LogP contribution in [0, 0.1) is 10.8 Å². The predicted molar refractivity (Wildman–Crippen MR) is 123 cm³/mol. The molecule has 1 amide bonds. The summed E-state index contributed by atoms with van der Waals surface area (Å²) in [5.74, 6) is -0.940. The lowest BCUT2D eigenvalue weighted by molar-refractivity contribution is -0.122. The highest BCUT2D eigenvalue weighted by Crippen LogP contribution is 2.69. The summed E-state index contributed by atoms with van der Waals surface area (Å²) in [6, 6.07) is 5.89. The fraction of sp³-hybridized carbons (Fsp3) is 0.692. The van der Waals surface area contributed by atoms with Crippen molar-refractivity contribution in [3.05, 3.63) is 29.3 Å². The molecule has 1 aromatic carbocycles. The lowest BCUT2D eigenvalue weighted by Crippen LogP contribution is -2.33. The normalized spacial score (nSPS) is 28.8. The van der Waals surface area contributed by atoms with Crippen LogP contribution in [0.25, 0.3) is 0 Å². The maximum Gasteiger partial charge on any atom is 0.290 e. The van der Waals surface area contributed by atoms with E-state index < -0.39 is 11.3 Å². The Labute approximate surface area is 199 Å². The predicted octanol–water partition coefficient (Wildman–Crippen LogP) is 6.07. The molecule has 0 radical (unpaired) electrons. The highest BCUT2D eigenvalue weighted by Gasteiger charge is 2.71. The molecule has 0 bridgehead atoms. The fourth-order valence-corrected chi connectivity index (χ4v) is 5.28. The third kappa shape index (κ3) is 5.69. The Balaban J connectivity index is 0.000000603. The van der Waals surface area contributed by atoms with Gasteiger partial charge in [0.15, 0.2) is 0 Å². The van der Waals surface area contributed by atoms with Crippen molar-refractivity contribution in [2.75, 3.05) is 26.9 Å². The zero-order chi connectivity index (χ0) is 25.0. The fourth-order valence-electron chi connectivity index (χ4n) is 5.28. The molecule has 1 spiro atoms. The maximum absolute atomic E-state index is 13.7. The molecule has 1 heterocycles. The molecule has 8 heteroatoms. The molecule has 5 nitrogen and oxygen atoms in total. The van der Waals surface area contributed by atoms with E-state index in [1.165, 1.54) is 0 Å². The van der Waals surface area contributed by atoms with Crippen molar-refractivity contribution in [2.24, 2.45) is 10.8 Å². The first-order valence-electron chi connectivity index (χ1n) is 12.1. The molecular formula is C26H36F3NO4. The van der Waals surface area contributed by atoms with Gasteiger partial charge in [0, 0.05) is 35.9 Å². The summed E-state index contributed by atoms with van der Waals surface area (Å²) >= 11 is 0. The van der Waals surface area contributed by atoms with E-state index in [9.17, 15) is 18.0 Å². The van der Waals surface area contributed by atoms with Crippen LogP contribution in [0.2, 0.25) is 0 Å². The molecule has 34 heavy (non-hydrogen) atoms.